The largest absolute Gasteiger partial charge is 0.304 e. The monoisotopic (exact) mass is 319 g/mol. The topological polar surface area (TPSA) is 54.5 Å². The minimum atomic E-state index is -3.18. The highest BCUT2D eigenvalue weighted by Crippen LogP contribution is 2.35. The molecule has 22 heavy (non-hydrogen) atoms. The molecule has 3 rings (SSSR count). The molecule has 0 saturated heterocycles. The van der Waals surface area contributed by atoms with Crippen molar-refractivity contribution in [1.82, 2.24) is 0 Å². The number of hydrogen-bond donors (Lipinski definition) is 0. The summed E-state index contributed by atoms with van der Waals surface area (Å²) in [5.74, 6) is 0.510. The maximum atomic E-state index is 12.6. The van der Waals surface area contributed by atoms with Crippen LogP contribution in [-0.4, -0.2) is 26.1 Å². The van der Waals surface area contributed by atoms with Gasteiger partial charge >= 0.3 is 0 Å². The molecule has 118 valence electrons. The second kappa shape index (κ2) is 5.54. The van der Waals surface area contributed by atoms with Gasteiger partial charge in [0.05, 0.1) is 11.8 Å². The molecule has 0 bridgehead atoms. The molecule has 0 radical (unpaired) electrons. The molecule has 1 saturated carbocycles. The molecular formula is C17H21NO3S. The van der Waals surface area contributed by atoms with Gasteiger partial charge in [-0.25, -0.2) is 8.42 Å². The predicted molar refractivity (Wildman–Crippen MR) is 87.5 cm³/mol. The van der Waals surface area contributed by atoms with E-state index in [1.807, 2.05) is 24.3 Å². The molecule has 1 aromatic rings. The Morgan fingerprint density at radius 3 is 2.27 bits per heavy atom. The molecule has 1 aromatic carbocycles. The minimum Gasteiger partial charge on any atom is -0.304 e. The number of rotatable bonds is 4. The summed E-state index contributed by atoms with van der Waals surface area (Å²) in [7, 11) is -3.18. The third-order valence-corrected chi connectivity index (χ3v) is 5.62. The first-order chi connectivity index (χ1) is 10.4. The van der Waals surface area contributed by atoms with E-state index in [0.717, 1.165) is 18.5 Å². The Balaban J connectivity index is 1.91. The quantitative estimate of drug-likeness (QED) is 0.857. The minimum absolute atomic E-state index is 0.0165. The summed E-state index contributed by atoms with van der Waals surface area (Å²) in [5, 5.41) is 1.23. The zero-order chi connectivity index (χ0) is 15.9. The highest BCUT2D eigenvalue weighted by Gasteiger charge is 2.39. The molecule has 1 fully saturated rings. The van der Waals surface area contributed by atoms with Gasteiger partial charge in [-0.1, -0.05) is 26.0 Å². The van der Waals surface area contributed by atoms with Crippen molar-refractivity contribution in [2.24, 2.45) is 5.92 Å². The summed E-state index contributed by atoms with van der Waals surface area (Å²) in [6.07, 6.45) is 3.44. The van der Waals surface area contributed by atoms with Gasteiger partial charge < -0.3 is 4.90 Å². The summed E-state index contributed by atoms with van der Waals surface area (Å²) in [5.41, 5.74) is 1.99. The maximum absolute atomic E-state index is 12.6. The Morgan fingerprint density at radius 1 is 1.18 bits per heavy atom. The van der Waals surface area contributed by atoms with Crippen LogP contribution >= 0.6 is 0 Å². The van der Waals surface area contributed by atoms with Gasteiger partial charge in [0.25, 0.3) is 0 Å². The number of nitrogens with zero attached hydrogens (tertiary/aromatic N) is 1. The Labute approximate surface area is 131 Å². The normalized spacial score (nSPS) is 23.0. The average molecular weight is 319 g/mol. The van der Waals surface area contributed by atoms with Gasteiger partial charge in [-0.05, 0) is 42.5 Å². The average Bonchev–Trinajstić information content (AvgIpc) is 3.25. The van der Waals surface area contributed by atoms with Gasteiger partial charge in [-0.3, -0.25) is 4.79 Å². The number of carbonyl (C=O) groups is 1. The first-order valence-electron chi connectivity index (χ1n) is 7.71. The van der Waals surface area contributed by atoms with Crippen molar-refractivity contribution in [1.29, 1.82) is 0 Å². The third kappa shape index (κ3) is 3.09. The van der Waals surface area contributed by atoms with Gasteiger partial charge in [0.15, 0.2) is 9.84 Å². The second-order valence-corrected chi connectivity index (χ2v) is 8.39. The van der Waals surface area contributed by atoms with Crippen LogP contribution in [0.15, 0.2) is 35.7 Å². The molecule has 1 atom stereocenters. The van der Waals surface area contributed by atoms with Crippen molar-refractivity contribution in [3.8, 4) is 0 Å². The number of benzene rings is 1. The standard InChI is InChI=1S/C17H21NO3S/c1-12(2)13-5-7-15(8-6-13)18(17(19)14-3-4-14)16-9-10-22(20,21)11-16/h5-10,12,14,16H,3-4,11H2,1-2H3. The first kappa shape index (κ1) is 15.3. The first-order valence-corrected chi connectivity index (χ1v) is 9.43. The molecule has 0 aromatic heterocycles. The van der Waals surface area contributed by atoms with Gasteiger partial charge in [0.1, 0.15) is 0 Å². The summed E-state index contributed by atoms with van der Waals surface area (Å²) in [6.45, 7) is 4.24. The van der Waals surface area contributed by atoms with Gasteiger partial charge in [0, 0.05) is 17.0 Å². The van der Waals surface area contributed by atoms with Crippen LogP contribution in [0, 0.1) is 5.92 Å². The van der Waals surface area contributed by atoms with E-state index in [0.29, 0.717) is 5.92 Å². The zero-order valence-corrected chi connectivity index (χ0v) is 13.7. The second-order valence-electron chi connectivity index (χ2n) is 6.45. The molecule has 0 spiro atoms. The fraction of sp³-hybridized carbons (Fsp3) is 0.471. The molecule has 2 aliphatic rings. The lowest BCUT2D eigenvalue weighted by atomic mass is 10.0. The molecule has 1 heterocycles. The number of sulfone groups is 1. The molecular weight excluding hydrogens is 298 g/mol. The highest BCUT2D eigenvalue weighted by molar-refractivity contribution is 7.94. The Bertz CT molecular complexity index is 700. The van der Waals surface area contributed by atoms with Crippen molar-refractivity contribution in [3.05, 3.63) is 41.3 Å². The summed E-state index contributed by atoms with van der Waals surface area (Å²) >= 11 is 0. The van der Waals surface area contributed by atoms with Crippen LogP contribution in [0.25, 0.3) is 0 Å². The SMILES string of the molecule is CC(C)c1ccc(N(C(=O)C2CC2)C2C=CS(=O)(=O)C2)cc1. The number of anilines is 1. The number of carbonyl (C=O) groups excluding carboxylic acids is 1. The smallest absolute Gasteiger partial charge is 0.230 e. The Morgan fingerprint density at radius 2 is 1.82 bits per heavy atom. The Kier molecular flexibility index (Phi) is 3.85. The molecule has 4 nitrogen and oxygen atoms in total. The molecule has 1 aliphatic heterocycles. The highest BCUT2D eigenvalue weighted by atomic mass is 32.2. The van der Waals surface area contributed by atoms with E-state index in [-0.39, 0.29) is 23.6 Å². The molecule has 1 amide bonds. The van der Waals surface area contributed by atoms with Crippen LogP contribution < -0.4 is 4.90 Å². The van der Waals surface area contributed by atoms with Crippen molar-refractivity contribution in [2.45, 2.75) is 38.6 Å². The van der Waals surface area contributed by atoms with E-state index < -0.39 is 9.84 Å². The van der Waals surface area contributed by atoms with E-state index in [2.05, 4.69) is 13.8 Å². The lowest BCUT2D eigenvalue weighted by Gasteiger charge is -2.28. The summed E-state index contributed by atoms with van der Waals surface area (Å²) < 4.78 is 23.4. The van der Waals surface area contributed by atoms with E-state index in [1.54, 1.807) is 11.0 Å². The number of amides is 1. The van der Waals surface area contributed by atoms with Crippen LogP contribution in [0.4, 0.5) is 5.69 Å². The molecule has 1 unspecified atom stereocenters. The van der Waals surface area contributed by atoms with Crippen molar-refractivity contribution in [3.63, 3.8) is 0 Å². The molecule has 1 aliphatic carbocycles. The fourth-order valence-corrected chi connectivity index (χ4v) is 4.02. The maximum Gasteiger partial charge on any atom is 0.230 e. The lowest BCUT2D eigenvalue weighted by Crippen LogP contribution is -2.42. The summed E-state index contributed by atoms with van der Waals surface area (Å²) in [6, 6.07) is 7.49. The van der Waals surface area contributed by atoms with E-state index >= 15 is 0 Å². The van der Waals surface area contributed by atoms with Crippen LogP contribution in [0.1, 0.15) is 38.2 Å². The molecule has 0 N–H and O–H groups in total. The lowest BCUT2D eigenvalue weighted by molar-refractivity contribution is -0.120. The summed E-state index contributed by atoms with van der Waals surface area (Å²) in [4.78, 5) is 14.3. The van der Waals surface area contributed by atoms with Crippen LogP contribution in [0.3, 0.4) is 0 Å². The third-order valence-electron chi connectivity index (χ3n) is 4.24. The van der Waals surface area contributed by atoms with Crippen LogP contribution in [0.2, 0.25) is 0 Å². The van der Waals surface area contributed by atoms with Gasteiger partial charge in [-0.15, -0.1) is 0 Å². The zero-order valence-electron chi connectivity index (χ0n) is 12.9. The van der Waals surface area contributed by atoms with Crippen molar-refractivity contribution in [2.75, 3.05) is 10.7 Å². The van der Waals surface area contributed by atoms with Crippen molar-refractivity contribution < 1.29 is 13.2 Å². The number of hydrogen-bond acceptors (Lipinski definition) is 3. The van der Waals surface area contributed by atoms with E-state index in [1.165, 1.54) is 11.0 Å². The predicted octanol–water partition coefficient (Wildman–Crippen LogP) is 2.86. The van der Waals surface area contributed by atoms with E-state index in [9.17, 15) is 13.2 Å². The van der Waals surface area contributed by atoms with E-state index in [4.69, 9.17) is 0 Å². The van der Waals surface area contributed by atoms with Crippen LogP contribution in [0.5, 0.6) is 0 Å². The fourth-order valence-electron chi connectivity index (χ4n) is 2.75. The van der Waals surface area contributed by atoms with Crippen LogP contribution in [-0.2, 0) is 14.6 Å². The van der Waals surface area contributed by atoms with Crippen molar-refractivity contribution >= 4 is 21.4 Å². The van der Waals surface area contributed by atoms with Gasteiger partial charge in [0.2, 0.25) is 5.91 Å². The molecule has 5 heteroatoms. The van der Waals surface area contributed by atoms with Gasteiger partial charge in [-0.2, -0.15) is 0 Å². The Hall–Kier alpha value is -1.62.